The minimum absolute atomic E-state index is 0.121. The van der Waals surface area contributed by atoms with Gasteiger partial charge in [0, 0.05) is 5.56 Å². The molecule has 92 valence electrons. The lowest BCUT2D eigenvalue weighted by molar-refractivity contribution is 0.291. The predicted octanol–water partition coefficient (Wildman–Crippen LogP) is 2.20. The summed E-state index contributed by atoms with van der Waals surface area (Å²) in [5.74, 6) is 1.64. The van der Waals surface area contributed by atoms with Gasteiger partial charge in [-0.1, -0.05) is 13.8 Å². The zero-order valence-electron chi connectivity index (χ0n) is 10.3. The Bertz CT molecular complexity index is 440. The van der Waals surface area contributed by atoms with Gasteiger partial charge in [-0.15, -0.1) is 0 Å². The van der Waals surface area contributed by atoms with E-state index in [0.29, 0.717) is 24.2 Å². The van der Waals surface area contributed by atoms with Gasteiger partial charge in [-0.2, -0.15) is 0 Å². The highest BCUT2D eigenvalue weighted by Gasteiger charge is 2.23. The van der Waals surface area contributed by atoms with Crippen molar-refractivity contribution in [3.05, 3.63) is 23.8 Å². The van der Waals surface area contributed by atoms with Crippen molar-refractivity contribution < 1.29 is 14.6 Å². The molecule has 2 rings (SSSR count). The molecule has 0 radical (unpaired) electrons. The number of methoxy groups -OCH3 is 1. The average molecular weight is 235 g/mol. The van der Waals surface area contributed by atoms with Crippen LogP contribution in [0.4, 0.5) is 0 Å². The van der Waals surface area contributed by atoms with Crippen molar-refractivity contribution in [1.29, 1.82) is 0 Å². The van der Waals surface area contributed by atoms with Crippen LogP contribution >= 0.6 is 0 Å². The number of hydrogen-bond donors (Lipinski definition) is 1. The number of rotatable bonds is 3. The smallest absolute Gasteiger partial charge is 0.216 e. The van der Waals surface area contributed by atoms with Crippen molar-refractivity contribution in [3.8, 4) is 11.5 Å². The van der Waals surface area contributed by atoms with E-state index in [1.807, 2.05) is 0 Å². The Kier molecular flexibility index (Phi) is 3.22. The van der Waals surface area contributed by atoms with Gasteiger partial charge in [0.15, 0.2) is 11.5 Å². The SMILES string of the molecule is COc1cc(C2=N[C@H](C(C)C)CO2)ccc1O. The molecule has 17 heavy (non-hydrogen) atoms. The standard InChI is InChI=1S/C13H17NO3/c1-8(2)10-7-17-13(14-10)9-4-5-11(15)12(6-9)16-3/h4-6,8,10,15H,7H2,1-3H3/t10-/m0/s1. The van der Waals surface area contributed by atoms with Crippen LogP contribution in [0.3, 0.4) is 0 Å². The Morgan fingerprint density at radius 2 is 2.24 bits per heavy atom. The maximum Gasteiger partial charge on any atom is 0.216 e. The molecule has 1 heterocycles. The number of aromatic hydroxyl groups is 1. The summed E-state index contributed by atoms with van der Waals surface area (Å²) < 4.78 is 10.6. The van der Waals surface area contributed by atoms with Crippen LogP contribution in [0.25, 0.3) is 0 Å². The molecular weight excluding hydrogens is 218 g/mol. The van der Waals surface area contributed by atoms with Crippen molar-refractivity contribution in [2.45, 2.75) is 19.9 Å². The molecule has 1 aliphatic rings. The fourth-order valence-electron chi connectivity index (χ4n) is 1.70. The first-order chi connectivity index (χ1) is 8.11. The van der Waals surface area contributed by atoms with E-state index in [0.717, 1.165) is 5.56 Å². The van der Waals surface area contributed by atoms with E-state index >= 15 is 0 Å². The van der Waals surface area contributed by atoms with Gasteiger partial charge in [0.2, 0.25) is 5.90 Å². The molecule has 0 unspecified atom stereocenters. The Labute approximate surface area is 101 Å². The molecule has 0 saturated heterocycles. The third-order valence-corrected chi connectivity index (χ3v) is 2.87. The Morgan fingerprint density at radius 3 is 2.82 bits per heavy atom. The number of benzene rings is 1. The van der Waals surface area contributed by atoms with Crippen LogP contribution in [0.1, 0.15) is 19.4 Å². The van der Waals surface area contributed by atoms with Crippen molar-refractivity contribution in [3.63, 3.8) is 0 Å². The van der Waals surface area contributed by atoms with Crippen molar-refractivity contribution in [2.75, 3.05) is 13.7 Å². The molecule has 1 aliphatic heterocycles. The summed E-state index contributed by atoms with van der Waals surface area (Å²) >= 11 is 0. The first kappa shape index (κ1) is 11.8. The third-order valence-electron chi connectivity index (χ3n) is 2.87. The van der Waals surface area contributed by atoms with Crippen LogP contribution in [0.2, 0.25) is 0 Å². The lowest BCUT2D eigenvalue weighted by Gasteiger charge is -2.06. The number of hydrogen-bond acceptors (Lipinski definition) is 4. The molecule has 4 heteroatoms. The molecule has 1 aromatic rings. The minimum atomic E-state index is 0.121. The summed E-state index contributed by atoms with van der Waals surface area (Å²) in [6, 6.07) is 5.31. The van der Waals surface area contributed by atoms with Crippen LogP contribution in [0, 0.1) is 5.92 Å². The van der Waals surface area contributed by atoms with Gasteiger partial charge >= 0.3 is 0 Å². The fraction of sp³-hybridized carbons (Fsp3) is 0.462. The van der Waals surface area contributed by atoms with Gasteiger partial charge in [0.1, 0.15) is 6.61 Å². The Morgan fingerprint density at radius 1 is 1.47 bits per heavy atom. The molecule has 4 nitrogen and oxygen atoms in total. The summed E-state index contributed by atoms with van der Waals surface area (Å²) in [4.78, 5) is 4.52. The Hall–Kier alpha value is -1.71. The monoisotopic (exact) mass is 235 g/mol. The van der Waals surface area contributed by atoms with E-state index in [1.54, 1.807) is 18.2 Å². The number of aliphatic imine (C=N–C) groups is 1. The lowest BCUT2D eigenvalue weighted by atomic mass is 10.1. The van der Waals surface area contributed by atoms with E-state index in [2.05, 4.69) is 18.8 Å². The largest absolute Gasteiger partial charge is 0.504 e. The highest BCUT2D eigenvalue weighted by molar-refractivity contribution is 5.95. The summed E-state index contributed by atoms with van der Waals surface area (Å²) in [6.45, 7) is 4.87. The van der Waals surface area contributed by atoms with E-state index in [9.17, 15) is 5.11 Å². The summed E-state index contributed by atoms with van der Waals surface area (Å²) in [6.07, 6.45) is 0. The second kappa shape index (κ2) is 4.65. The molecule has 1 aromatic carbocycles. The zero-order valence-corrected chi connectivity index (χ0v) is 10.3. The van der Waals surface area contributed by atoms with Gasteiger partial charge < -0.3 is 14.6 Å². The van der Waals surface area contributed by atoms with Crippen LogP contribution in [-0.2, 0) is 4.74 Å². The van der Waals surface area contributed by atoms with Crippen LogP contribution < -0.4 is 4.74 Å². The van der Waals surface area contributed by atoms with Crippen molar-refractivity contribution >= 4 is 5.90 Å². The number of phenols is 1. The highest BCUT2D eigenvalue weighted by atomic mass is 16.5. The molecule has 0 amide bonds. The topological polar surface area (TPSA) is 51.0 Å². The summed E-state index contributed by atoms with van der Waals surface area (Å²) in [5.41, 5.74) is 0.836. The molecule has 1 N–H and O–H groups in total. The molecule has 0 saturated carbocycles. The van der Waals surface area contributed by atoms with E-state index in [1.165, 1.54) is 7.11 Å². The van der Waals surface area contributed by atoms with Gasteiger partial charge in [0.05, 0.1) is 13.2 Å². The molecule has 0 spiro atoms. The predicted molar refractivity (Wildman–Crippen MR) is 65.8 cm³/mol. The van der Waals surface area contributed by atoms with Crippen LogP contribution in [-0.4, -0.2) is 30.8 Å². The quantitative estimate of drug-likeness (QED) is 0.873. The molecule has 0 fully saturated rings. The Balaban J connectivity index is 2.27. The maximum atomic E-state index is 9.51. The van der Waals surface area contributed by atoms with Crippen molar-refractivity contribution in [2.24, 2.45) is 10.9 Å². The van der Waals surface area contributed by atoms with Gasteiger partial charge in [-0.05, 0) is 24.1 Å². The minimum Gasteiger partial charge on any atom is -0.504 e. The first-order valence-electron chi connectivity index (χ1n) is 5.69. The molecule has 0 bridgehead atoms. The van der Waals surface area contributed by atoms with E-state index in [4.69, 9.17) is 9.47 Å². The molecular formula is C13H17NO3. The van der Waals surface area contributed by atoms with E-state index < -0.39 is 0 Å². The summed E-state index contributed by atoms with van der Waals surface area (Å²) in [5, 5.41) is 9.51. The van der Waals surface area contributed by atoms with Crippen molar-refractivity contribution in [1.82, 2.24) is 0 Å². The number of nitrogens with zero attached hydrogens (tertiary/aromatic N) is 1. The number of phenolic OH excluding ortho intramolecular Hbond substituents is 1. The number of ether oxygens (including phenoxy) is 2. The highest BCUT2D eigenvalue weighted by Crippen LogP contribution is 2.28. The fourth-order valence-corrected chi connectivity index (χ4v) is 1.70. The zero-order chi connectivity index (χ0) is 12.4. The van der Waals surface area contributed by atoms with Gasteiger partial charge in [-0.25, -0.2) is 4.99 Å². The maximum absolute atomic E-state index is 9.51. The normalized spacial score (nSPS) is 19.1. The van der Waals surface area contributed by atoms with Gasteiger partial charge in [0.25, 0.3) is 0 Å². The first-order valence-corrected chi connectivity index (χ1v) is 5.69. The lowest BCUT2D eigenvalue weighted by Crippen LogP contribution is -2.13. The molecule has 0 aliphatic carbocycles. The van der Waals surface area contributed by atoms with Gasteiger partial charge in [-0.3, -0.25) is 0 Å². The van der Waals surface area contributed by atoms with Crippen LogP contribution in [0.5, 0.6) is 11.5 Å². The second-order valence-corrected chi connectivity index (χ2v) is 4.44. The van der Waals surface area contributed by atoms with E-state index in [-0.39, 0.29) is 11.8 Å². The summed E-state index contributed by atoms with van der Waals surface area (Å²) in [7, 11) is 1.52. The van der Waals surface area contributed by atoms with Crippen LogP contribution in [0.15, 0.2) is 23.2 Å². The third kappa shape index (κ3) is 2.35. The average Bonchev–Trinajstić information content (AvgIpc) is 2.79. The molecule has 1 atom stereocenters. The molecule has 0 aromatic heterocycles. The second-order valence-electron chi connectivity index (χ2n) is 4.44.